The Kier molecular flexibility index (Phi) is 8.39. The fourth-order valence-electron chi connectivity index (χ4n) is 3.61. The molecule has 0 atom stereocenters. The third kappa shape index (κ3) is 6.13. The lowest BCUT2D eigenvalue weighted by atomic mass is 10.1. The summed E-state index contributed by atoms with van der Waals surface area (Å²) in [6.45, 7) is 9.85. The number of benzene rings is 2. The highest BCUT2D eigenvalue weighted by Gasteiger charge is 2.14. The highest BCUT2D eigenvalue weighted by molar-refractivity contribution is 5.79. The molecule has 2 aromatic rings. The number of ether oxygens (including phenoxy) is 2. The molecule has 1 saturated heterocycles. The van der Waals surface area contributed by atoms with Crippen LogP contribution in [0, 0.1) is 6.92 Å². The van der Waals surface area contributed by atoms with Gasteiger partial charge in [-0.15, -0.1) is 0 Å². The van der Waals surface area contributed by atoms with Gasteiger partial charge in [-0.05, 0) is 49.1 Å². The third-order valence-electron chi connectivity index (χ3n) is 5.27. The molecule has 1 aliphatic rings. The van der Waals surface area contributed by atoms with Crippen LogP contribution in [0.3, 0.4) is 0 Å². The summed E-state index contributed by atoms with van der Waals surface area (Å²) in [5.74, 6) is 1.78. The molecule has 0 aliphatic carbocycles. The van der Waals surface area contributed by atoms with Crippen molar-refractivity contribution < 1.29 is 9.47 Å². The maximum absolute atomic E-state index is 5.50. The number of hydrogen-bond acceptors (Lipinski definition) is 4. The molecule has 1 aliphatic heterocycles. The molecule has 0 spiro atoms. The Morgan fingerprint density at radius 2 is 1.93 bits per heavy atom. The van der Waals surface area contributed by atoms with Gasteiger partial charge in [0.05, 0.1) is 26.9 Å². The monoisotopic (exact) mass is 410 g/mol. The Hall–Kier alpha value is -2.73. The first-order valence-electron chi connectivity index (χ1n) is 10.8. The second-order valence-electron chi connectivity index (χ2n) is 7.40. The quantitative estimate of drug-likeness (QED) is 0.517. The van der Waals surface area contributed by atoms with Crippen molar-refractivity contribution in [2.24, 2.45) is 4.99 Å². The second kappa shape index (κ2) is 11.5. The molecule has 6 nitrogen and oxygen atoms in total. The molecule has 1 fully saturated rings. The summed E-state index contributed by atoms with van der Waals surface area (Å²) in [5, 5.41) is 6.81. The molecule has 0 radical (unpaired) electrons. The number of morpholine rings is 1. The van der Waals surface area contributed by atoms with Crippen LogP contribution in [0.2, 0.25) is 0 Å². The van der Waals surface area contributed by atoms with Gasteiger partial charge in [0, 0.05) is 31.9 Å². The van der Waals surface area contributed by atoms with Gasteiger partial charge < -0.3 is 25.0 Å². The predicted molar refractivity (Wildman–Crippen MR) is 124 cm³/mol. The van der Waals surface area contributed by atoms with Crippen molar-refractivity contribution in [3.8, 4) is 5.75 Å². The molecule has 0 aromatic heterocycles. The fraction of sp³-hybridized carbons (Fsp3) is 0.458. The number of para-hydroxylation sites is 1. The average Bonchev–Trinajstić information content (AvgIpc) is 2.79. The van der Waals surface area contributed by atoms with E-state index in [9.17, 15) is 0 Å². The molecule has 1 heterocycles. The number of aliphatic imine (C=N–C) groups is 1. The highest BCUT2D eigenvalue weighted by atomic mass is 16.5. The van der Waals surface area contributed by atoms with Gasteiger partial charge in [-0.3, -0.25) is 0 Å². The van der Waals surface area contributed by atoms with Gasteiger partial charge in [0.15, 0.2) is 5.96 Å². The fourth-order valence-corrected chi connectivity index (χ4v) is 3.61. The van der Waals surface area contributed by atoms with E-state index in [4.69, 9.17) is 14.5 Å². The van der Waals surface area contributed by atoms with Crippen molar-refractivity contribution in [2.75, 3.05) is 51.4 Å². The van der Waals surface area contributed by atoms with Crippen LogP contribution in [-0.2, 0) is 17.7 Å². The molecular weight excluding hydrogens is 376 g/mol. The first kappa shape index (κ1) is 22.0. The minimum atomic E-state index is 0.640. The van der Waals surface area contributed by atoms with Crippen LogP contribution in [0.5, 0.6) is 5.75 Å². The minimum absolute atomic E-state index is 0.640. The molecule has 0 saturated carbocycles. The summed E-state index contributed by atoms with van der Waals surface area (Å²) in [6, 6.07) is 14.9. The van der Waals surface area contributed by atoms with E-state index in [0.717, 1.165) is 63.1 Å². The van der Waals surface area contributed by atoms with Crippen molar-refractivity contribution in [1.29, 1.82) is 0 Å². The molecule has 0 amide bonds. The van der Waals surface area contributed by atoms with E-state index in [1.165, 1.54) is 16.8 Å². The molecule has 6 heteroatoms. The number of hydrogen-bond donors (Lipinski definition) is 2. The highest BCUT2D eigenvalue weighted by Crippen LogP contribution is 2.22. The summed E-state index contributed by atoms with van der Waals surface area (Å²) in [6.07, 6.45) is 0.908. The number of methoxy groups -OCH3 is 1. The van der Waals surface area contributed by atoms with E-state index in [1.807, 2.05) is 0 Å². The molecule has 0 unspecified atom stereocenters. The minimum Gasteiger partial charge on any atom is -0.496 e. The van der Waals surface area contributed by atoms with E-state index < -0.39 is 0 Å². The maximum Gasteiger partial charge on any atom is 0.191 e. The molecular formula is C24H34N4O2. The number of anilines is 1. The van der Waals surface area contributed by atoms with Crippen LogP contribution in [-0.4, -0.2) is 52.5 Å². The summed E-state index contributed by atoms with van der Waals surface area (Å²) >= 11 is 0. The van der Waals surface area contributed by atoms with Crippen molar-refractivity contribution in [2.45, 2.75) is 26.8 Å². The predicted octanol–water partition coefficient (Wildman–Crippen LogP) is 3.14. The van der Waals surface area contributed by atoms with E-state index in [2.05, 4.69) is 71.8 Å². The summed E-state index contributed by atoms with van der Waals surface area (Å²) in [4.78, 5) is 7.22. The normalized spacial score (nSPS) is 14.5. The number of nitrogens with one attached hydrogen (secondary N) is 2. The molecule has 2 aromatic carbocycles. The zero-order valence-corrected chi connectivity index (χ0v) is 18.4. The van der Waals surface area contributed by atoms with Crippen LogP contribution in [0.4, 0.5) is 5.69 Å². The zero-order valence-electron chi connectivity index (χ0n) is 18.4. The van der Waals surface area contributed by atoms with Crippen LogP contribution in [0.1, 0.15) is 23.6 Å². The van der Waals surface area contributed by atoms with Gasteiger partial charge >= 0.3 is 0 Å². The van der Waals surface area contributed by atoms with Gasteiger partial charge in [-0.25, -0.2) is 4.99 Å². The van der Waals surface area contributed by atoms with Crippen LogP contribution in [0.15, 0.2) is 47.5 Å². The number of guanidine groups is 1. The first-order chi connectivity index (χ1) is 14.7. The smallest absolute Gasteiger partial charge is 0.191 e. The third-order valence-corrected chi connectivity index (χ3v) is 5.27. The Morgan fingerprint density at radius 1 is 1.13 bits per heavy atom. The molecule has 3 rings (SSSR count). The Morgan fingerprint density at radius 3 is 2.70 bits per heavy atom. The number of nitrogens with zero attached hydrogens (tertiary/aromatic N) is 2. The topological polar surface area (TPSA) is 58.1 Å². The molecule has 30 heavy (non-hydrogen) atoms. The van der Waals surface area contributed by atoms with Crippen molar-refractivity contribution in [3.05, 3.63) is 59.2 Å². The van der Waals surface area contributed by atoms with Gasteiger partial charge in [-0.1, -0.05) is 30.3 Å². The average molecular weight is 411 g/mol. The van der Waals surface area contributed by atoms with Gasteiger partial charge in [0.25, 0.3) is 0 Å². The summed E-state index contributed by atoms with van der Waals surface area (Å²) < 4.78 is 10.9. The van der Waals surface area contributed by atoms with E-state index in [1.54, 1.807) is 7.11 Å². The summed E-state index contributed by atoms with van der Waals surface area (Å²) in [5.41, 5.74) is 4.90. The summed E-state index contributed by atoms with van der Waals surface area (Å²) in [7, 11) is 1.72. The SMILES string of the molecule is CCNC(=NCc1ccccc1N1CCOCC1)NCCc1ccc(C)c(OC)c1. The lowest BCUT2D eigenvalue weighted by Gasteiger charge is -2.30. The Balaban J connectivity index is 1.61. The van der Waals surface area contributed by atoms with Crippen LogP contribution in [0.25, 0.3) is 0 Å². The van der Waals surface area contributed by atoms with Crippen molar-refractivity contribution in [1.82, 2.24) is 10.6 Å². The lowest BCUT2D eigenvalue weighted by molar-refractivity contribution is 0.122. The van der Waals surface area contributed by atoms with Gasteiger partial charge in [0.1, 0.15) is 5.75 Å². The number of rotatable bonds is 8. The molecule has 2 N–H and O–H groups in total. The van der Waals surface area contributed by atoms with E-state index in [0.29, 0.717) is 6.54 Å². The second-order valence-corrected chi connectivity index (χ2v) is 7.40. The molecule has 162 valence electrons. The Bertz CT molecular complexity index is 832. The largest absolute Gasteiger partial charge is 0.496 e. The van der Waals surface area contributed by atoms with E-state index >= 15 is 0 Å². The first-order valence-corrected chi connectivity index (χ1v) is 10.8. The van der Waals surface area contributed by atoms with Gasteiger partial charge in [0.2, 0.25) is 0 Å². The standard InChI is InChI=1S/C24H34N4O2/c1-4-25-24(26-12-11-20-10-9-19(2)23(17-20)29-3)27-18-21-7-5-6-8-22(21)28-13-15-30-16-14-28/h5-10,17H,4,11-16,18H2,1-3H3,(H2,25,26,27). The number of aryl methyl sites for hydroxylation is 1. The zero-order chi connectivity index (χ0) is 21.2. The van der Waals surface area contributed by atoms with E-state index in [-0.39, 0.29) is 0 Å². The van der Waals surface area contributed by atoms with Crippen LogP contribution < -0.4 is 20.3 Å². The van der Waals surface area contributed by atoms with Crippen molar-refractivity contribution >= 4 is 11.6 Å². The van der Waals surface area contributed by atoms with Crippen molar-refractivity contribution in [3.63, 3.8) is 0 Å². The van der Waals surface area contributed by atoms with Crippen LogP contribution >= 0.6 is 0 Å². The Labute approximate surface area is 180 Å². The maximum atomic E-state index is 5.50. The lowest BCUT2D eigenvalue weighted by Crippen LogP contribution is -2.38. The molecule has 0 bridgehead atoms. The van der Waals surface area contributed by atoms with Gasteiger partial charge in [-0.2, -0.15) is 0 Å².